The molecule has 0 saturated heterocycles. The van der Waals surface area contributed by atoms with Crippen molar-refractivity contribution in [2.45, 2.75) is 157 Å². The molecule has 6 rings (SSSR count). The monoisotopic (exact) mass is 694 g/mol. The van der Waals surface area contributed by atoms with Gasteiger partial charge in [-0.3, -0.25) is 0 Å². The molecule has 6 aromatic heterocycles. The van der Waals surface area contributed by atoms with Crippen molar-refractivity contribution in [3.05, 3.63) is 83.1 Å². The first-order valence-electron chi connectivity index (χ1n) is 18.1. The van der Waals surface area contributed by atoms with Gasteiger partial charge in [0.2, 0.25) is 0 Å². The van der Waals surface area contributed by atoms with Crippen molar-refractivity contribution in [1.29, 1.82) is 0 Å². The van der Waals surface area contributed by atoms with Crippen LogP contribution in [0.5, 0.6) is 0 Å². The third-order valence-corrected chi connectivity index (χ3v) is 8.80. The number of hydrogen-bond donors (Lipinski definition) is 1. The summed E-state index contributed by atoms with van der Waals surface area (Å²) in [7, 11) is 0. The molecule has 0 aliphatic carbocycles. The van der Waals surface area contributed by atoms with E-state index in [1.807, 2.05) is 52.1 Å². The van der Waals surface area contributed by atoms with Gasteiger partial charge in [0, 0.05) is 50.9 Å². The molecule has 0 aromatic carbocycles. The summed E-state index contributed by atoms with van der Waals surface area (Å²) >= 11 is 0. The van der Waals surface area contributed by atoms with Crippen LogP contribution in [-0.4, -0.2) is 44.1 Å². The number of nitrogens with zero attached hydrogens (tertiary/aromatic N) is 8. The zero-order chi connectivity index (χ0) is 38.5. The average Bonchev–Trinajstić information content (AvgIpc) is 3.71. The van der Waals surface area contributed by atoms with E-state index in [1.54, 1.807) is 0 Å². The van der Waals surface area contributed by atoms with Crippen LogP contribution in [0.3, 0.4) is 0 Å². The Morgan fingerprint density at radius 1 is 0.529 bits per heavy atom. The Morgan fingerprint density at radius 2 is 1.12 bits per heavy atom. The van der Waals surface area contributed by atoms with Gasteiger partial charge in [-0.25, -0.2) is 29.0 Å². The average molecular weight is 694 g/mol. The first kappa shape index (κ1) is 39.6. The maximum absolute atomic E-state index is 4.78. The highest BCUT2D eigenvalue weighted by atomic mass is 15.3. The van der Waals surface area contributed by atoms with Gasteiger partial charge >= 0.3 is 0 Å². The molecule has 0 fully saturated rings. The van der Waals surface area contributed by atoms with Crippen molar-refractivity contribution >= 4 is 22.5 Å². The number of aromatic amines is 1. The lowest BCUT2D eigenvalue weighted by Crippen LogP contribution is -2.19. The van der Waals surface area contributed by atoms with E-state index in [-0.39, 0.29) is 32.5 Å². The van der Waals surface area contributed by atoms with Crippen molar-refractivity contribution in [2.75, 3.05) is 0 Å². The topological polar surface area (TPSA) is 102 Å². The molecule has 0 radical (unpaired) electrons. The van der Waals surface area contributed by atoms with Crippen molar-refractivity contribution < 1.29 is 0 Å². The van der Waals surface area contributed by atoms with Crippen LogP contribution in [-0.2, 0) is 32.5 Å². The molecule has 0 spiro atoms. The zero-order valence-electron chi connectivity index (χ0n) is 34.7. The minimum Gasteiger partial charge on any atom is -0.344 e. The fourth-order valence-electron chi connectivity index (χ4n) is 5.42. The molecule has 0 saturated carbocycles. The van der Waals surface area contributed by atoms with Gasteiger partial charge in [0.05, 0.1) is 35.7 Å². The fraction of sp³-hybridized carbons (Fsp3) is 0.571. The first-order chi connectivity index (χ1) is 23.1. The Labute approximate surface area is 306 Å². The van der Waals surface area contributed by atoms with Crippen LogP contribution in [0.25, 0.3) is 22.5 Å². The van der Waals surface area contributed by atoms with Crippen molar-refractivity contribution in [3.8, 4) is 0 Å². The minimum absolute atomic E-state index is 0.0353. The maximum atomic E-state index is 4.78. The first-order valence-corrected chi connectivity index (χ1v) is 18.1. The normalized spacial score (nSPS) is 13.3. The second kappa shape index (κ2) is 13.4. The highest BCUT2D eigenvalue weighted by Gasteiger charge is 2.25. The van der Waals surface area contributed by atoms with Crippen LogP contribution in [0.1, 0.15) is 159 Å². The van der Waals surface area contributed by atoms with Gasteiger partial charge in [0.15, 0.2) is 16.9 Å². The number of imidazole rings is 1. The Hall–Kier alpha value is -4.14. The summed E-state index contributed by atoms with van der Waals surface area (Å²) in [5.41, 5.74) is 11.0. The standard InChI is InChI=1S/3C14H21N3/c1-13(2,3)9-7-15-12-11(9)17-10(8-16-12)14(4,5)6;1-13(2,3)10-9-15-17-8-7-11(14(4,5)6)16-12(10)17;1-13(2,3)10-7-8-12-15-9-11(14(4,5)6)17(12)16-10/h7-8H,1-6H3,(H,15,16);2*7-9H,1-6H3. The van der Waals surface area contributed by atoms with Crippen LogP contribution in [0.15, 0.2) is 49.2 Å². The van der Waals surface area contributed by atoms with E-state index in [2.05, 4.69) is 151 Å². The minimum atomic E-state index is 0.0353. The van der Waals surface area contributed by atoms with Crippen molar-refractivity contribution in [3.63, 3.8) is 0 Å². The van der Waals surface area contributed by atoms with Gasteiger partial charge in [-0.05, 0) is 29.0 Å². The van der Waals surface area contributed by atoms with Gasteiger partial charge in [0.1, 0.15) is 5.52 Å². The Bertz CT molecular complexity index is 1860. The predicted octanol–water partition coefficient (Wildman–Crippen LogP) is 10.2. The van der Waals surface area contributed by atoms with Gasteiger partial charge in [-0.15, -0.1) is 0 Å². The number of hydrogen-bond acceptors (Lipinski definition) is 6. The maximum Gasteiger partial charge on any atom is 0.158 e. The fourth-order valence-corrected chi connectivity index (χ4v) is 5.42. The molecule has 0 unspecified atom stereocenters. The molecular formula is C42H63N9. The lowest BCUT2D eigenvalue weighted by molar-refractivity contribution is 0.523. The molecule has 0 aliphatic rings. The number of nitrogens with one attached hydrogen (secondary N) is 1. The van der Waals surface area contributed by atoms with Gasteiger partial charge in [-0.1, -0.05) is 125 Å². The highest BCUT2D eigenvalue weighted by molar-refractivity contribution is 5.76. The van der Waals surface area contributed by atoms with Crippen LogP contribution in [0.2, 0.25) is 0 Å². The summed E-state index contributed by atoms with van der Waals surface area (Å²) in [5, 5.41) is 9.09. The third kappa shape index (κ3) is 9.21. The van der Waals surface area contributed by atoms with Crippen molar-refractivity contribution in [1.82, 2.24) is 44.1 Å². The molecule has 9 heteroatoms. The third-order valence-electron chi connectivity index (χ3n) is 8.80. The molecule has 6 heterocycles. The van der Waals surface area contributed by atoms with Crippen LogP contribution in [0, 0.1) is 0 Å². The summed E-state index contributed by atoms with van der Waals surface area (Å²) in [6.45, 7) is 39.2. The number of aromatic nitrogens is 9. The number of H-pyrrole nitrogens is 1. The smallest absolute Gasteiger partial charge is 0.158 e. The second-order valence-corrected chi connectivity index (χ2v) is 19.9. The van der Waals surface area contributed by atoms with E-state index in [1.165, 1.54) is 11.1 Å². The highest BCUT2D eigenvalue weighted by Crippen LogP contribution is 2.31. The summed E-state index contributed by atoms with van der Waals surface area (Å²) in [6, 6.07) is 6.16. The second-order valence-electron chi connectivity index (χ2n) is 19.9. The van der Waals surface area contributed by atoms with Crippen LogP contribution >= 0.6 is 0 Å². The van der Waals surface area contributed by atoms with Gasteiger partial charge in [-0.2, -0.15) is 10.2 Å². The summed E-state index contributed by atoms with van der Waals surface area (Å²) < 4.78 is 3.83. The Balaban J connectivity index is 0.000000172. The quantitative estimate of drug-likeness (QED) is 0.170. The van der Waals surface area contributed by atoms with E-state index in [0.717, 1.165) is 45.2 Å². The molecule has 1 N–H and O–H groups in total. The molecule has 6 aromatic rings. The lowest BCUT2D eigenvalue weighted by atomic mass is 9.88. The molecular weight excluding hydrogens is 631 g/mol. The Kier molecular flexibility index (Phi) is 10.4. The summed E-state index contributed by atoms with van der Waals surface area (Å²) in [6.07, 6.45) is 9.74. The number of fused-ring (bicyclic) bond motifs is 3. The van der Waals surface area contributed by atoms with E-state index < -0.39 is 0 Å². The van der Waals surface area contributed by atoms with Crippen LogP contribution in [0.4, 0.5) is 0 Å². The molecule has 276 valence electrons. The summed E-state index contributed by atoms with van der Waals surface area (Å²) in [4.78, 5) is 21.6. The van der Waals surface area contributed by atoms with E-state index in [4.69, 9.17) is 15.1 Å². The Morgan fingerprint density at radius 3 is 1.65 bits per heavy atom. The lowest BCUT2D eigenvalue weighted by Gasteiger charge is -2.20. The molecule has 0 bridgehead atoms. The summed E-state index contributed by atoms with van der Waals surface area (Å²) in [5.74, 6) is 0. The molecule has 0 aliphatic heterocycles. The van der Waals surface area contributed by atoms with E-state index >= 15 is 0 Å². The number of rotatable bonds is 0. The van der Waals surface area contributed by atoms with E-state index in [9.17, 15) is 0 Å². The molecule has 0 atom stereocenters. The zero-order valence-corrected chi connectivity index (χ0v) is 34.7. The van der Waals surface area contributed by atoms with Crippen LogP contribution < -0.4 is 0 Å². The SMILES string of the molecule is CC(C)(C)c1ccc2ncc(C(C)(C)C)n2n1.CC(C)(C)c1ccn2ncc(C(C)(C)C)c2n1.CC(C)(C)c1cnc2[nH]cc(C(C)(C)C)c2n1. The molecule has 0 amide bonds. The van der Waals surface area contributed by atoms with Crippen molar-refractivity contribution in [2.24, 2.45) is 0 Å². The largest absolute Gasteiger partial charge is 0.344 e. The molecule has 51 heavy (non-hydrogen) atoms. The van der Waals surface area contributed by atoms with Gasteiger partial charge < -0.3 is 4.98 Å². The van der Waals surface area contributed by atoms with E-state index in [0.29, 0.717) is 0 Å². The predicted molar refractivity (Wildman–Crippen MR) is 212 cm³/mol. The van der Waals surface area contributed by atoms with Gasteiger partial charge in [0.25, 0.3) is 0 Å². The molecule has 9 nitrogen and oxygen atoms in total.